The first-order chi connectivity index (χ1) is 21.6. The monoisotopic (exact) mass is 639 g/mol. The van der Waals surface area contributed by atoms with Gasteiger partial charge in [0.05, 0.1) is 54.7 Å². The lowest BCUT2D eigenvalue weighted by atomic mass is 10.1. The Bertz CT molecular complexity index is 1650. The Balaban J connectivity index is 0.000000337. The lowest BCUT2D eigenvalue weighted by Crippen LogP contribution is -2.18. The number of benzene rings is 2. The number of aromatic nitrogens is 2. The molecule has 3 aromatic rings. The molecule has 0 unspecified atom stereocenters. The molecule has 2 saturated carbocycles. The standard InChI is InChI=1S/C26H27ClFN5O3.C6H8O3/c1-33(2)7-3-4-24(34)32-22-9-18-21(10-23(22)36-14-26-11-16(26)12-35-13-26)29-15-30-25(18)31-17-5-6-20(28)19(27)8-17;7-3-6-1-4(6)2-9-5(6)8/h3-6,8-10,15-16H,7,11-14H2,1-2H3,(H,32,34)(H,29,30,31);4,7H,1-3H2/b4-3+;/t16-,26+;4-,6+/m00/s1. The van der Waals surface area contributed by atoms with E-state index in [-0.39, 0.29) is 28.9 Å². The van der Waals surface area contributed by atoms with Gasteiger partial charge in [-0.05, 0) is 57.1 Å². The number of aliphatic hydroxyl groups excluding tert-OH is 1. The molecule has 2 saturated heterocycles. The van der Waals surface area contributed by atoms with Gasteiger partial charge in [0.2, 0.25) is 5.91 Å². The smallest absolute Gasteiger partial charge is 0.314 e. The van der Waals surface area contributed by atoms with Crippen LogP contribution in [0.3, 0.4) is 0 Å². The molecule has 0 radical (unpaired) electrons. The molecule has 2 aromatic carbocycles. The number of halogens is 2. The van der Waals surface area contributed by atoms with Gasteiger partial charge in [-0.25, -0.2) is 14.4 Å². The van der Waals surface area contributed by atoms with Crippen LogP contribution in [0.1, 0.15) is 12.8 Å². The predicted molar refractivity (Wildman–Crippen MR) is 166 cm³/mol. The van der Waals surface area contributed by atoms with Gasteiger partial charge < -0.3 is 34.9 Å². The molecule has 4 atom stereocenters. The quantitative estimate of drug-likeness (QED) is 0.219. The van der Waals surface area contributed by atoms with Crippen LogP contribution < -0.4 is 15.4 Å². The highest BCUT2D eigenvalue weighted by atomic mass is 35.5. The number of nitrogens with one attached hydrogen (secondary N) is 2. The summed E-state index contributed by atoms with van der Waals surface area (Å²) in [5, 5.41) is 15.5. The molecule has 2 aliphatic heterocycles. The van der Waals surface area contributed by atoms with E-state index in [1.807, 2.05) is 19.0 Å². The van der Waals surface area contributed by atoms with E-state index in [1.54, 1.807) is 24.3 Å². The predicted octanol–water partition coefficient (Wildman–Crippen LogP) is 4.18. The van der Waals surface area contributed by atoms with Crippen LogP contribution >= 0.6 is 11.6 Å². The third-order valence-electron chi connectivity index (χ3n) is 8.84. The lowest BCUT2D eigenvalue weighted by molar-refractivity contribution is -0.146. The Morgan fingerprint density at radius 1 is 1.22 bits per heavy atom. The number of rotatable bonds is 10. The maximum absolute atomic E-state index is 13.6. The number of esters is 1. The topological polar surface area (TPSA) is 135 Å². The zero-order valence-electron chi connectivity index (χ0n) is 25.0. The van der Waals surface area contributed by atoms with Crippen molar-refractivity contribution in [1.82, 2.24) is 14.9 Å². The van der Waals surface area contributed by atoms with Crippen molar-refractivity contribution in [3.05, 3.63) is 59.7 Å². The van der Waals surface area contributed by atoms with Crippen molar-refractivity contribution in [3.8, 4) is 5.75 Å². The Hall–Kier alpha value is -3.84. The third-order valence-corrected chi connectivity index (χ3v) is 9.13. The molecule has 7 rings (SSSR count). The van der Waals surface area contributed by atoms with Crippen LogP contribution in [0.15, 0.2) is 48.8 Å². The fourth-order valence-electron chi connectivity index (χ4n) is 5.77. The highest BCUT2D eigenvalue weighted by molar-refractivity contribution is 6.31. The van der Waals surface area contributed by atoms with E-state index >= 15 is 0 Å². The van der Waals surface area contributed by atoms with E-state index < -0.39 is 11.2 Å². The number of likely N-dealkylation sites (N-methyl/N-ethyl adjacent to an activating group) is 1. The zero-order chi connectivity index (χ0) is 31.8. The van der Waals surface area contributed by atoms with Crippen molar-refractivity contribution in [1.29, 1.82) is 0 Å². The van der Waals surface area contributed by atoms with Gasteiger partial charge in [0.1, 0.15) is 23.7 Å². The van der Waals surface area contributed by atoms with Gasteiger partial charge in [0, 0.05) is 41.1 Å². The number of fused-ring (bicyclic) bond motifs is 3. The summed E-state index contributed by atoms with van der Waals surface area (Å²) in [5.41, 5.74) is 1.31. The van der Waals surface area contributed by atoms with E-state index in [2.05, 4.69) is 20.6 Å². The van der Waals surface area contributed by atoms with Gasteiger partial charge in [-0.2, -0.15) is 0 Å². The molecular formula is C32H35ClFN5O6. The van der Waals surface area contributed by atoms with E-state index in [1.165, 1.54) is 24.5 Å². The Kier molecular flexibility index (Phi) is 8.66. The van der Waals surface area contributed by atoms with E-state index in [4.69, 9.17) is 30.9 Å². The Labute approximate surface area is 264 Å². The number of carbonyl (C=O) groups is 2. The minimum atomic E-state index is -0.506. The van der Waals surface area contributed by atoms with Crippen molar-refractivity contribution in [3.63, 3.8) is 0 Å². The zero-order valence-corrected chi connectivity index (χ0v) is 25.8. The summed E-state index contributed by atoms with van der Waals surface area (Å²) in [4.78, 5) is 34.2. The minimum Gasteiger partial charge on any atom is -0.491 e. The van der Waals surface area contributed by atoms with Crippen molar-refractivity contribution in [2.24, 2.45) is 22.7 Å². The average molecular weight is 640 g/mol. The first-order valence-corrected chi connectivity index (χ1v) is 15.1. The first kappa shape index (κ1) is 31.2. The van der Waals surface area contributed by atoms with Crippen LogP contribution in [0.4, 0.5) is 21.6 Å². The fourth-order valence-corrected chi connectivity index (χ4v) is 5.95. The molecule has 2 aliphatic carbocycles. The number of aliphatic hydroxyl groups is 1. The SMILES string of the molecule is CN(C)C/C=C/C(=O)Nc1cc2c(Nc3ccc(F)c(Cl)c3)ncnc2cc1OC[C@@]12COC[C@@H]1C2.O=C1OC[C@@H]2C[C@]12CO. The van der Waals surface area contributed by atoms with Gasteiger partial charge in [-0.15, -0.1) is 0 Å². The molecule has 238 valence electrons. The van der Waals surface area contributed by atoms with Gasteiger partial charge in [0.25, 0.3) is 0 Å². The molecule has 1 amide bonds. The number of hydrogen-bond donors (Lipinski definition) is 3. The van der Waals surface area contributed by atoms with Crippen LogP contribution in [-0.2, 0) is 19.1 Å². The summed E-state index contributed by atoms with van der Waals surface area (Å²) in [6, 6.07) is 7.91. The van der Waals surface area contributed by atoms with E-state index in [0.717, 1.165) is 19.4 Å². The van der Waals surface area contributed by atoms with Crippen molar-refractivity contribution in [2.75, 3.05) is 64.3 Å². The summed E-state index contributed by atoms with van der Waals surface area (Å²) in [7, 11) is 3.86. The Morgan fingerprint density at radius 2 is 2.07 bits per heavy atom. The number of cyclic esters (lactones) is 1. The average Bonchev–Trinajstić information content (AvgIpc) is 3.84. The number of anilines is 3. The largest absolute Gasteiger partial charge is 0.491 e. The second-order valence-corrected chi connectivity index (χ2v) is 12.8. The van der Waals surface area contributed by atoms with Crippen molar-refractivity contribution in [2.45, 2.75) is 12.8 Å². The van der Waals surface area contributed by atoms with Crippen LogP contribution in [0, 0.1) is 28.5 Å². The summed E-state index contributed by atoms with van der Waals surface area (Å²) in [6.07, 6.45) is 6.64. The molecule has 0 bridgehead atoms. The molecule has 0 spiro atoms. The minimum absolute atomic E-state index is 0.000147. The first-order valence-electron chi connectivity index (χ1n) is 14.7. The van der Waals surface area contributed by atoms with E-state index in [0.29, 0.717) is 72.0 Å². The van der Waals surface area contributed by atoms with Crippen LogP contribution in [0.5, 0.6) is 5.75 Å². The maximum atomic E-state index is 13.6. The van der Waals surface area contributed by atoms with E-state index in [9.17, 15) is 14.0 Å². The molecule has 45 heavy (non-hydrogen) atoms. The molecule has 11 nitrogen and oxygen atoms in total. The number of nitrogens with zero attached hydrogens (tertiary/aromatic N) is 3. The van der Waals surface area contributed by atoms with Crippen LogP contribution in [0.2, 0.25) is 5.02 Å². The van der Waals surface area contributed by atoms with Crippen molar-refractivity contribution >= 4 is 51.6 Å². The number of carbonyl (C=O) groups excluding carboxylic acids is 2. The summed E-state index contributed by atoms with van der Waals surface area (Å²) in [5.74, 6) is 0.894. The molecule has 4 aliphatic rings. The summed E-state index contributed by atoms with van der Waals surface area (Å²) in [6.45, 7) is 3.11. The third kappa shape index (κ3) is 6.60. The molecule has 3 heterocycles. The highest BCUT2D eigenvalue weighted by Crippen LogP contribution is 2.57. The molecule has 1 aromatic heterocycles. The highest BCUT2D eigenvalue weighted by Gasteiger charge is 2.65. The molecule has 3 N–H and O–H groups in total. The van der Waals surface area contributed by atoms with Gasteiger partial charge in [-0.3, -0.25) is 9.59 Å². The molecule has 13 heteroatoms. The van der Waals surface area contributed by atoms with Crippen LogP contribution in [0.25, 0.3) is 10.9 Å². The normalized spacial score (nSPS) is 25.8. The maximum Gasteiger partial charge on any atom is 0.314 e. The second kappa shape index (κ2) is 12.5. The van der Waals surface area contributed by atoms with Crippen LogP contribution in [-0.4, -0.2) is 85.5 Å². The number of ether oxygens (including phenoxy) is 3. The summed E-state index contributed by atoms with van der Waals surface area (Å²) >= 11 is 5.94. The molecule has 4 fully saturated rings. The van der Waals surface area contributed by atoms with Gasteiger partial charge in [-0.1, -0.05) is 17.7 Å². The number of hydrogen-bond acceptors (Lipinski definition) is 10. The number of amides is 1. The summed E-state index contributed by atoms with van der Waals surface area (Å²) < 4.78 is 30.1. The van der Waals surface area contributed by atoms with Gasteiger partial charge in [0.15, 0.2) is 0 Å². The van der Waals surface area contributed by atoms with Crippen molar-refractivity contribution < 1.29 is 33.3 Å². The Morgan fingerprint density at radius 3 is 2.69 bits per heavy atom. The van der Waals surface area contributed by atoms with Gasteiger partial charge >= 0.3 is 5.97 Å². The fraction of sp³-hybridized carbons (Fsp3) is 0.438. The second-order valence-electron chi connectivity index (χ2n) is 12.4. The lowest BCUT2D eigenvalue weighted by Gasteiger charge is -2.17. The molecular weight excluding hydrogens is 605 g/mol.